The fraction of sp³-hybridized carbons (Fsp3) is 0.895. The topological polar surface area (TPSA) is 273 Å². The van der Waals surface area contributed by atoms with E-state index in [1.807, 2.05) is 0 Å². The second-order valence-electron chi connectivity index (χ2n) is 8.40. The molecule has 2 rings (SSSR count). The van der Waals surface area contributed by atoms with Gasteiger partial charge in [-0.15, -0.1) is 5.06 Å². The van der Waals surface area contributed by atoms with Crippen molar-refractivity contribution in [2.75, 3.05) is 19.8 Å². The molecule has 2 unspecified atom stereocenters. The molecule has 11 N–H and O–H groups in total. The lowest BCUT2D eigenvalue weighted by Crippen LogP contribution is -2.65. The number of carbonyl (C=O) groups excluding carboxylic acids is 1. The Kier molecular flexibility index (Phi) is 11.1. The van der Waals surface area contributed by atoms with Gasteiger partial charge in [0.25, 0.3) is 0 Å². The molecule has 0 aromatic rings. The molecule has 11 atom stereocenters. The van der Waals surface area contributed by atoms with E-state index in [1.165, 1.54) is 0 Å². The zero-order valence-electron chi connectivity index (χ0n) is 18.7. The Morgan fingerprint density at radius 1 is 0.886 bits per heavy atom. The molecule has 204 valence electrons. The molecule has 0 aliphatic carbocycles. The molecule has 0 aromatic heterocycles. The molecule has 0 bridgehead atoms. The molecule has 16 nitrogen and oxygen atoms in total. The molecule has 0 saturated carbocycles. The van der Waals surface area contributed by atoms with Crippen molar-refractivity contribution in [3.05, 3.63) is 0 Å². The third kappa shape index (κ3) is 6.62. The largest absolute Gasteiger partial charge is 0.479 e. The zero-order chi connectivity index (χ0) is 26.4. The van der Waals surface area contributed by atoms with Crippen LogP contribution in [0.5, 0.6) is 0 Å². The van der Waals surface area contributed by atoms with E-state index in [9.17, 15) is 55.6 Å². The van der Waals surface area contributed by atoms with Gasteiger partial charge in [0.1, 0.15) is 48.8 Å². The maximum Gasteiger partial charge on any atom is 0.336 e. The van der Waals surface area contributed by atoms with Crippen LogP contribution in [0.4, 0.5) is 0 Å². The van der Waals surface area contributed by atoms with Crippen LogP contribution in [0, 0.1) is 0 Å². The normalized spacial score (nSPS) is 38.8. The predicted molar refractivity (Wildman–Crippen MR) is 109 cm³/mol. The summed E-state index contributed by atoms with van der Waals surface area (Å²) in [6, 6.07) is -1.67. The first-order chi connectivity index (χ1) is 16.5. The van der Waals surface area contributed by atoms with Crippen molar-refractivity contribution in [1.82, 2.24) is 5.06 Å². The van der Waals surface area contributed by atoms with Gasteiger partial charge in [-0.2, -0.15) is 0 Å². The van der Waals surface area contributed by atoms with Crippen molar-refractivity contribution in [3.63, 3.8) is 0 Å². The third-order valence-electron chi connectivity index (χ3n) is 6.01. The lowest BCUT2D eigenvalue weighted by Gasteiger charge is -2.44. The van der Waals surface area contributed by atoms with Crippen LogP contribution in [0.2, 0.25) is 0 Å². The number of carboxylic acids is 1. The number of ether oxygens (including phenoxy) is 3. The Hall–Kier alpha value is -1.54. The Morgan fingerprint density at radius 2 is 1.46 bits per heavy atom. The molecular weight excluding hydrogens is 480 g/mol. The lowest BCUT2D eigenvalue weighted by molar-refractivity contribution is -0.330. The maximum atomic E-state index is 13.0. The molecule has 2 fully saturated rings. The molecule has 2 saturated heterocycles. The van der Waals surface area contributed by atoms with E-state index in [4.69, 9.17) is 19.9 Å². The van der Waals surface area contributed by atoms with Crippen LogP contribution in [0.25, 0.3) is 0 Å². The Balaban J connectivity index is 2.27. The molecule has 2 aliphatic rings. The van der Waals surface area contributed by atoms with Gasteiger partial charge in [0, 0.05) is 0 Å². The number of rotatable bonds is 11. The minimum Gasteiger partial charge on any atom is -0.479 e. The zero-order valence-corrected chi connectivity index (χ0v) is 18.7. The van der Waals surface area contributed by atoms with Crippen LogP contribution in [-0.2, 0) is 23.8 Å². The number of aliphatic carboxylic acids is 1. The molecule has 0 spiro atoms. The second-order valence-corrected chi connectivity index (χ2v) is 8.40. The SMILES string of the molecule is NCCCC[C@@H](C(=O)O[C@H]1C(C(=O)O)O[C@H](CO)[C@@H](O)[C@@H]1O)N(O)C1O[C@H](CO)[C@H](O)[C@H](O)[C@H]1O. The number of carbonyl (C=O) groups is 2. The van der Waals surface area contributed by atoms with E-state index in [0.29, 0.717) is 6.42 Å². The van der Waals surface area contributed by atoms with Crippen molar-refractivity contribution in [2.45, 2.75) is 86.5 Å². The van der Waals surface area contributed by atoms with E-state index in [2.05, 4.69) is 0 Å². The number of unbranched alkanes of at least 4 members (excludes halogenated alkanes) is 1. The third-order valence-corrected chi connectivity index (χ3v) is 6.01. The van der Waals surface area contributed by atoms with E-state index in [-0.39, 0.29) is 24.4 Å². The summed E-state index contributed by atoms with van der Waals surface area (Å²) in [4.78, 5) is 24.6. The summed E-state index contributed by atoms with van der Waals surface area (Å²) in [5, 5.41) is 89.6. The number of carboxylic acid groups (broad SMARTS) is 1. The Labute approximate surface area is 199 Å². The van der Waals surface area contributed by atoms with Gasteiger partial charge in [0.15, 0.2) is 18.4 Å². The van der Waals surface area contributed by atoms with Crippen molar-refractivity contribution in [2.24, 2.45) is 5.73 Å². The first-order valence-electron chi connectivity index (χ1n) is 11.0. The minimum absolute atomic E-state index is 0.176. The van der Waals surface area contributed by atoms with Crippen LogP contribution in [0.15, 0.2) is 0 Å². The molecule has 2 heterocycles. The quantitative estimate of drug-likeness (QED) is 0.0699. The number of aliphatic hydroxyl groups is 7. The number of esters is 1. The fourth-order valence-corrected chi connectivity index (χ4v) is 3.95. The van der Waals surface area contributed by atoms with Gasteiger partial charge in [0.2, 0.25) is 0 Å². The molecule has 0 aromatic carbocycles. The average Bonchev–Trinajstić information content (AvgIpc) is 2.83. The summed E-state index contributed by atoms with van der Waals surface area (Å²) in [5.41, 5.74) is 5.45. The van der Waals surface area contributed by atoms with Gasteiger partial charge in [-0.05, 0) is 25.8 Å². The fourth-order valence-electron chi connectivity index (χ4n) is 3.95. The maximum absolute atomic E-state index is 13.0. The first kappa shape index (κ1) is 29.7. The van der Waals surface area contributed by atoms with Crippen LogP contribution in [0.1, 0.15) is 19.3 Å². The van der Waals surface area contributed by atoms with Crippen molar-refractivity contribution >= 4 is 11.9 Å². The molecule has 2 aliphatic heterocycles. The number of nitrogens with zero attached hydrogens (tertiary/aromatic N) is 1. The van der Waals surface area contributed by atoms with Gasteiger partial charge in [-0.25, -0.2) is 4.79 Å². The van der Waals surface area contributed by atoms with Gasteiger partial charge >= 0.3 is 11.9 Å². The van der Waals surface area contributed by atoms with Gasteiger partial charge < -0.3 is 66.0 Å². The molecule has 16 heteroatoms. The molecular formula is C19H34N2O14. The monoisotopic (exact) mass is 514 g/mol. The van der Waals surface area contributed by atoms with E-state index in [1.54, 1.807) is 0 Å². The van der Waals surface area contributed by atoms with Crippen molar-refractivity contribution in [1.29, 1.82) is 0 Å². The van der Waals surface area contributed by atoms with Gasteiger partial charge in [-0.1, -0.05) is 0 Å². The number of hydroxylamine groups is 2. The molecule has 35 heavy (non-hydrogen) atoms. The summed E-state index contributed by atoms with van der Waals surface area (Å²) >= 11 is 0. The predicted octanol–water partition coefficient (Wildman–Crippen LogP) is -5.55. The summed E-state index contributed by atoms with van der Waals surface area (Å²) in [7, 11) is 0. The number of nitrogens with two attached hydrogens (primary N) is 1. The van der Waals surface area contributed by atoms with Crippen molar-refractivity contribution in [3.8, 4) is 0 Å². The number of hydrogen-bond donors (Lipinski definition) is 10. The summed E-state index contributed by atoms with van der Waals surface area (Å²) in [6.45, 7) is -1.41. The van der Waals surface area contributed by atoms with Gasteiger partial charge in [-0.3, -0.25) is 4.79 Å². The highest BCUT2D eigenvalue weighted by Gasteiger charge is 2.52. The summed E-state index contributed by atoms with van der Waals surface area (Å²) in [5.74, 6) is -2.98. The summed E-state index contributed by atoms with van der Waals surface area (Å²) < 4.78 is 15.4. The van der Waals surface area contributed by atoms with Crippen LogP contribution < -0.4 is 5.73 Å². The molecule has 0 radical (unpaired) electrons. The second kappa shape index (κ2) is 13.1. The van der Waals surface area contributed by atoms with Crippen LogP contribution >= 0.6 is 0 Å². The highest BCUT2D eigenvalue weighted by molar-refractivity contribution is 5.78. The lowest BCUT2D eigenvalue weighted by atomic mass is 9.94. The van der Waals surface area contributed by atoms with E-state index in [0.717, 1.165) is 0 Å². The Morgan fingerprint density at radius 3 is 2.00 bits per heavy atom. The van der Waals surface area contributed by atoms with Crippen molar-refractivity contribution < 1.29 is 69.9 Å². The van der Waals surface area contributed by atoms with Crippen LogP contribution in [-0.4, -0.2) is 150 Å². The number of hydrogen-bond acceptors (Lipinski definition) is 15. The summed E-state index contributed by atoms with van der Waals surface area (Å²) in [6.07, 6.45) is -17.5. The highest BCUT2D eigenvalue weighted by atomic mass is 16.6. The molecule has 0 amide bonds. The standard InChI is InChI=1S/C19H34N2O14/c20-4-2-1-3-7(21(32)17-14(28)12(26)10(24)9(6-23)34-17)19(31)35-15-13(27)11(25)8(5-22)33-16(15)18(29)30/h7-17,22-28,32H,1-6,20H2,(H,29,30)/t7-,8+,9+,10-,11+,12-,13-,14+,15+,16?,17?/m0/s1. The highest BCUT2D eigenvalue weighted by Crippen LogP contribution is 2.28. The average molecular weight is 514 g/mol. The Bertz CT molecular complexity index is 698. The van der Waals surface area contributed by atoms with Gasteiger partial charge in [0.05, 0.1) is 13.2 Å². The smallest absolute Gasteiger partial charge is 0.336 e. The first-order valence-corrected chi connectivity index (χ1v) is 11.0. The van der Waals surface area contributed by atoms with Crippen LogP contribution in [0.3, 0.4) is 0 Å². The van der Waals surface area contributed by atoms with E-state index < -0.39 is 92.4 Å². The van der Waals surface area contributed by atoms with E-state index >= 15 is 0 Å². The number of aliphatic hydroxyl groups excluding tert-OH is 7. The minimum atomic E-state index is -1.98.